The first-order valence-corrected chi connectivity index (χ1v) is 9.19. The number of nitrogens with zero attached hydrogens (tertiary/aromatic N) is 2. The van der Waals surface area contributed by atoms with E-state index in [1.807, 2.05) is 28.8 Å². The Labute approximate surface area is 136 Å². The van der Waals surface area contributed by atoms with Crippen molar-refractivity contribution in [2.24, 2.45) is 0 Å². The van der Waals surface area contributed by atoms with Gasteiger partial charge >= 0.3 is 0 Å². The highest BCUT2D eigenvalue weighted by molar-refractivity contribution is 8.00. The van der Waals surface area contributed by atoms with Crippen molar-refractivity contribution in [1.82, 2.24) is 9.88 Å². The Hall–Kier alpha value is -1.31. The van der Waals surface area contributed by atoms with Crippen molar-refractivity contribution in [2.45, 2.75) is 17.7 Å². The van der Waals surface area contributed by atoms with Crippen molar-refractivity contribution < 1.29 is 13.9 Å². The second-order valence-corrected chi connectivity index (χ2v) is 7.72. The highest BCUT2D eigenvalue weighted by Gasteiger charge is 2.37. The molecule has 7 heteroatoms. The predicted molar refractivity (Wildman–Crippen MR) is 86.3 cm³/mol. The molecule has 0 spiro atoms. The molecule has 0 radical (unpaired) electrons. The molecule has 2 aliphatic heterocycles. The van der Waals surface area contributed by atoms with E-state index in [9.17, 15) is 4.79 Å². The Morgan fingerprint density at radius 2 is 2.41 bits per heavy atom. The Bertz CT molecular complexity index is 654. The first kappa shape index (κ1) is 14.3. The van der Waals surface area contributed by atoms with E-state index in [-0.39, 0.29) is 11.9 Å². The maximum atomic E-state index is 12.9. The Balaban J connectivity index is 1.56. The zero-order valence-electron chi connectivity index (χ0n) is 11.9. The van der Waals surface area contributed by atoms with Gasteiger partial charge in [-0.25, -0.2) is 4.98 Å². The lowest BCUT2D eigenvalue weighted by Crippen LogP contribution is -2.54. The molecule has 2 aromatic heterocycles. The van der Waals surface area contributed by atoms with Crippen LogP contribution in [0.25, 0.3) is 10.8 Å². The molecule has 116 valence electrons. The Morgan fingerprint density at radius 3 is 3.27 bits per heavy atom. The monoisotopic (exact) mass is 336 g/mol. The van der Waals surface area contributed by atoms with Crippen molar-refractivity contribution in [3.8, 4) is 10.8 Å². The lowest BCUT2D eigenvalue weighted by atomic mass is 10.1. The zero-order valence-corrected chi connectivity index (χ0v) is 13.6. The molecule has 2 aliphatic rings. The number of furan rings is 1. The summed E-state index contributed by atoms with van der Waals surface area (Å²) in [6.45, 7) is 2.30. The van der Waals surface area contributed by atoms with Gasteiger partial charge < -0.3 is 14.1 Å². The van der Waals surface area contributed by atoms with Crippen LogP contribution in [-0.2, 0) is 4.74 Å². The van der Waals surface area contributed by atoms with Gasteiger partial charge in [-0.15, -0.1) is 11.3 Å². The number of rotatable bonds is 2. The van der Waals surface area contributed by atoms with E-state index >= 15 is 0 Å². The van der Waals surface area contributed by atoms with Crippen molar-refractivity contribution in [2.75, 3.05) is 25.5 Å². The molecule has 0 saturated carbocycles. The molecule has 0 bridgehead atoms. The van der Waals surface area contributed by atoms with Gasteiger partial charge in [-0.05, 0) is 18.6 Å². The van der Waals surface area contributed by atoms with Crippen LogP contribution in [0.15, 0.2) is 29.0 Å². The smallest absolute Gasteiger partial charge is 0.265 e. The molecule has 2 atom stereocenters. The molecule has 1 amide bonds. The molecular formula is C15H16N2O3S2. The van der Waals surface area contributed by atoms with Crippen LogP contribution < -0.4 is 0 Å². The van der Waals surface area contributed by atoms with Gasteiger partial charge in [-0.3, -0.25) is 4.79 Å². The summed E-state index contributed by atoms with van der Waals surface area (Å²) in [5, 5.41) is 1.16. The summed E-state index contributed by atoms with van der Waals surface area (Å²) in [6, 6.07) is 3.97. The maximum Gasteiger partial charge on any atom is 0.265 e. The molecule has 0 aliphatic carbocycles. The largest absolute Gasteiger partial charge is 0.462 e. The van der Waals surface area contributed by atoms with E-state index in [2.05, 4.69) is 4.98 Å². The number of carbonyl (C=O) groups is 1. The third-order valence-corrected chi connectivity index (χ3v) is 6.34. The van der Waals surface area contributed by atoms with Gasteiger partial charge in [0.2, 0.25) is 0 Å². The zero-order chi connectivity index (χ0) is 14.9. The lowest BCUT2D eigenvalue weighted by molar-refractivity contribution is 0.0322. The number of hydrogen-bond donors (Lipinski definition) is 0. The van der Waals surface area contributed by atoms with E-state index in [1.165, 1.54) is 11.3 Å². The molecule has 0 aromatic carbocycles. The van der Waals surface area contributed by atoms with Crippen LogP contribution in [0.1, 0.15) is 16.1 Å². The fourth-order valence-electron chi connectivity index (χ4n) is 2.97. The standard InChI is InChI=1S/C15H16N2O3S2/c18-15(12-8-16-14(22-12)11-2-1-5-20-11)17-4-7-21-13-9-19-6-3-10(13)17/h1-2,5,8,10,13H,3-4,6-7,9H2/t10-,13-/m0/s1. The third kappa shape index (κ3) is 2.57. The van der Waals surface area contributed by atoms with Crippen LogP contribution in [0, 0.1) is 0 Å². The molecule has 2 fully saturated rings. The van der Waals surface area contributed by atoms with E-state index in [1.54, 1.807) is 12.5 Å². The topological polar surface area (TPSA) is 55.6 Å². The Morgan fingerprint density at radius 1 is 1.45 bits per heavy atom. The number of fused-ring (bicyclic) bond motifs is 1. The summed E-state index contributed by atoms with van der Waals surface area (Å²) >= 11 is 3.32. The highest BCUT2D eigenvalue weighted by Crippen LogP contribution is 2.33. The minimum atomic E-state index is 0.0903. The second kappa shape index (κ2) is 6.06. The first-order chi connectivity index (χ1) is 10.8. The molecule has 5 nitrogen and oxygen atoms in total. The van der Waals surface area contributed by atoms with E-state index in [0.717, 1.165) is 36.9 Å². The third-order valence-electron chi connectivity index (χ3n) is 4.04. The van der Waals surface area contributed by atoms with E-state index in [4.69, 9.17) is 9.15 Å². The summed E-state index contributed by atoms with van der Waals surface area (Å²) < 4.78 is 10.9. The van der Waals surface area contributed by atoms with E-state index in [0.29, 0.717) is 15.9 Å². The number of hydrogen-bond acceptors (Lipinski definition) is 6. The highest BCUT2D eigenvalue weighted by atomic mass is 32.2. The van der Waals surface area contributed by atoms with E-state index < -0.39 is 0 Å². The number of amides is 1. The number of carbonyl (C=O) groups excluding carboxylic acids is 1. The van der Waals surface area contributed by atoms with Crippen LogP contribution in [0.3, 0.4) is 0 Å². The quantitative estimate of drug-likeness (QED) is 0.844. The maximum absolute atomic E-state index is 12.9. The minimum absolute atomic E-state index is 0.0903. The molecule has 22 heavy (non-hydrogen) atoms. The summed E-state index contributed by atoms with van der Waals surface area (Å²) in [7, 11) is 0. The average Bonchev–Trinajstić information content (AvgIpc) is 3.24. The van der Waals surface area contributed by atoms with Crippen LogP contribution in [0.2, 0.25) is 0 Å². The molecular weight excluding hydrogens is 320 g/mol. The summed E-state index contributed by atoms with van der Waals surface area (Å²) in [5.41, 5.74) is 0. The van der Waals surface area contributed by atoms with Crippen molar-refractivity contribution in [1.29, 1.82) is 0 Å². The van der Waals surface area contributed by atoms with Gasteiger partial charge in [-0.1, -0.05) is 0 Å². The summed E-state index contributed by atoms with van der Waals surface area (Å²) in [5.74, 6) is 1.77. The van der Waals surface area contributed by atoms with Crippen LogP contribution in [0.5, 0.6) is 0 Å². The fraction of sp³-hybridized carbons (Fsp3) is 0.467. The molecule has 4 rings (SSSR count). The van der Waals surface area contributed by atoms with Crippen molar-refractivity contribution in [3.05, 3.63) is 29.5 Å². The lowest BCUT2D eigenvalue weighted by Gasteiger charge is -2.43. The molecule has 4 heterocycles. The number of ether oxygens (including phenoxy) is 1. The SMILES string of the molecule is O=C(c1cnc(-c2ccco2)s1)N1CCS[C@H]2COCC[C@@H]21. The van der Waals surface area contributed by atoms with Gasteiger partial charge in [0, 0.05) is 30.2 Å². The van der Waals surface area contributed by atoms with Gasteiger partial charge in [0.25, 0.3) is 5.91 Å². The fourth-order valence-corrected chi connectivity index (χ4v) is 5.11. The number of aromatic nitrogens is 1. The second-order valence-electron chi connectivity index (χ2n) is 5.35. The number of thiazole rings is 1. The van der Waals surface area contributed by atoms with Gasteiger partial charge in [-0.2, -0.15) is 11.8 Å². The molecule has 2 saturated heterocycles. The van der Waals surface area contributed by atoms with Crippen molar-refractivity contribution >= 4 is 29.0 Å². The first-order valence-electron chi connectivity index (χ1n) is 7.33. The van der Waals surface area contributed by atoms with Gasteiger partial charge in [0.05, 0.1) is 19.1 Å². The molecule has 0 unspecified atom stereocenters. The molecule has 2 aromatic rings. The summed E-state index contributed by atoms with van der Waals surface area (Å²) in [4.78, 5) is 19.9. The minimum Gasteiger partial charge on any atom is -0.462 e. The average molecular weight is 336 g/mol. The Kier molecular flexibility index (Phi) is 3.94. The van der Waals surface area contributed by atoms with Crippen LogP contribution in [-0.4, -0.2) is 52.6 Å². The predicted octanol–water partition coefficient (Wildman–Crippen LogP) is 2.75. The van der Waals surface area contributed by atoms with Crippen LogP contribution in [0.4, 0.5) is 0 Å². The van der Waals surface area contributed by atoms with Crippen molar-refractivity contribution in [3.63, 3.8) is 0 Å². The van der Waals surface area contributed by atoms with Gasteiger partial charge in [0.1, 0.15) is 4.88 Å². The molecule has 0 N–H and O–H groups in total. The van der Waals surface area contributed by atoms with Crippen LogP contribution >= 0.6 is 23.1 Å². The number of thioether (sulfide) groups is 1. The summed E-state index contributed by atoms with van der Waals surface area (Å²) in [6.07, 6.45) is 4.21. The normalized spacial score (nSPS) is 25.0. The van der Waals surface area contributed by atoms with Gasteiger partial charge in [0.15, 0.2) is 10.8 Å².